The molecule has 0 spiro atoms. The predicted molar refractivity (Wildman–Crippen MR) is 69.5 cm³/mol. The lowest BCUT2D eigenvalue weighted by Crippen LogP contribution is -2.12. The topological polar surface area (TPSA) is 63.8 Å². The molecule has 0 saturated heterocycles. The van der Waals surface area contributed by atoms with Gasteiger partial charge in [0.25, 0.3) is 0 Å². The van der Waals surface area contributed by atoms with Crippen LogP contribution in [0.3, 0.4) is 0 Å². The Kier molecular flexibility index (Phi) is 6.18. The van der Waals surface area contributed by atoms with E-state index in [1.54, 1.807) is 18.1 Å². The Balaban J connectivity index is 2.63. The van der Waals surface area contributed by atoms with Gasteiger partial charge in [0.1, 0.15) is 17.2 Å². The van der Waals surface area contributed by atoms with Crippen LogP contribution >= 0.6 is 11.8 Å². The van der Waals surface area contributed by atoms with Crippen molar-refractivity contribution in [1.82, 2.24) is 9.97 Å². The largest absolute Gasteiger partial charge is 0.308 e. The van der Waals surface area contributed by atoms with E-state index in [1.165, 1.54) is 19.3 Å². The summed E-state index contributed by atoms with van der Waals surface area (Å²) in [5.74, 6) is 7.28. The van der Waals surface area contributed by atoms with Crippen LogP contribution in [0.5, 0.6) is 0 Å². The Bertz CT molecular complexity index is 317. The van der Waals surface area contributed by atoms with Crippen molar-refractivity contribution < 1.29 is 0 Å². The molecule has 0 amide bonds. The van der Waals surface area contributed by atoms with Gasteiger partial charge in [-0.25, -0.2) is 15.8 Å². The minimum absolute atomic E-state index is 0.746. The maximum Gasteiger partial charge on any atom is 0.147 e. The molecule has 0 unspecified atom stereocenters. The van der Waals surface area contributed by atoms with Crippen LogP contribution < -0.4 is 11.3 Å². The molecule has 1 heterocycles. The molecule has 3 N–H and O–H groups in total. The quantitative estimate of drug-likeness (QED) is 0.252. The summed E-state index contributed by atoms with van der Waals surface area (Å²) in [5, 5.41) is 1.06. The number of nitrogens with zero attached hydrogens (tertiary/aromatic N) is 2. The van der Waals surface area contributed by atoms with Crippen LogP contribution in [-0.2, 0) is 6.42 Å². The Morgan fingerprint density at radius 1 is 1.31 bits per heavy atom. The highest BCUT2D eigenvalue weighted by atomic mass is 32.2. The lowest BCUT2D eigenvalue weighted by atomic mass is 10.2. The maximum absolute atomic E-state index is 5.42. The first kappa shape index (κ1) is 13.3. The van der Waals surface area contributed by atoms with Crippen molar-refractivity contribution in [1.29, 1.82) is 0 Å². The molecular weight excluding hydrogens is 220 g/mol. The van der Waals surface area contributed by atoms with Gasteiger partial charge in [-0.15, -0.1) is 11.8 Å². The van der Waals surface area contributed by atoms with Crippen molar-refractivity contribution in [2.24, 2.45) is 5.84 Å². The molecule has 0 aliphatic heterocycles. The van der Waals surface area contributed by atoms with Crippen LogP contribution in [0.1, 0.15) is 38.7 Å². The number of anilines is 1. The summed E-state index contributed by atoms with van der Waals surface area (Å²) in [4.78, 5) is 8.42. The molecule has 4 nitrogen and oxygen atoms in total. The number of thioether (sulfide) groups is 1. The van der Waals surface area contributed by atoms with E-state index in [4.69, 9.17) is 5.84 Å². The van der Waals surface area contributed by atoms with Crippen molar-refractivity contribution >= 4 is 17.6 Å². The molecule has 0 fully saturated rings. The molecule has 1 rings (SSSR count). The molecular formula is C11H20N4S. The molecule has 0 aromatic carbocycles. The molecule has 0 radical (unpaired) electrons. The minimum Gasteiger partial charge on any atom is -0.308 e. The number of nitrogen functional groups attached to an aromatic ring is 1. The van der Waals surface area contributed by atoms with Crippen LogP contribution in [0.25, 0.3) is 0 Å². The number of hydrazine groups is 1. The fourth-order valence-electron chi connectivity index (χ4n) is 1.48. The monoisotopic (exact) mass is 240 g/mol. The number of hydrogen-bond acceptors (Lipinski definition) is 5. The van der Waals surface area contributed by atoms with E-state index in [9.17, 15) is 0 Å². The standard InChI is InChI=1S/C11H20N4S/c1-3-5-6-7-16-11-9(4-2)10(15-12)13-8-14-11/h8H,3-7,12H2,1-2H3,(H,13,14,15). The van der Waals surface area contributed by atoms with Gasteiger partial charge in [0.15, 0.2) is 0 Å². The van der Waals surface area contributed by atoms with E-state index in [1.807, 2.05) is 0 Å². The third-order valence-electron chi connectivity index (χ3n) is 2.38. The minimum atomic E-state index is 0.746. The number of nitrogens with two attached hydrogens (primary N) is 1. The van der Waals surface area contributed by atoms with E-state index in [-0.39, 0.29) is 0 Å². The lowest BCUT2D eigenvalue weighted by molar-refractivity contribution is 0.777. The number of hydrogen-bond donors (Lipinski definition) is 2. The molecule has 0 aliphatic carbocycles. The summed E-state index contributed by atoms with van der Waals surface area (Å²) in [6, 6.07) is 0. The summed E-state index contributed by atoms with van der Waals surface area (Å²) < 4.78 is 0. The van der Waals surface area contributed by atoms with E-state index < -0.39 is 0 Å². The number of nitrogens with one attached hydrogen (secondary N) is 1. The zero-order valence-electron chi connectivity index (χ0n) is 9.99. The van der Waals surface area contributed by atoms with Crippen LogP contribution in [0, 0.1) is 0 Å². The fraction of sp³-hybridized carbons (Fsp3) is 0.636. The highest BCUT2D eigenvalue weighted by molar-refractivity contribution is 7.99. The molecule has 0 atom stereocenters. The highest BCUT2D eigenvalue weighted by Gasteiger charge is 2.08. The number of aromatic nitrogens is 2. The van der Waals surface area contributed by atoms with Gasteiger partial charge in [-0.1, -0.05) is 26.7 Å². The third kappa shape index (κ3) is 3.64. The normalized spacial score (nSPS) is 10.4. The number of rotatable bonds is 7. The van der Waals surface area contributed by atoms with Crippen molar-refractivity contribution in [2.75, 3.05) is 11.2 Å². The summed E-state index contributed by atoms with van der Waals surface area (Å²) in [7, 11) is 0. The van der Waals surface area contributed by atoms with Gasteiger partial charge in [-0.3, -0.25) is 0 Å². The maximum atomic E-state index is 5.42. The van der Waals surface area contributed by atoms with Gasteiger partial charge in [0, 0.05) is 5.56 Å². The predicted octanol–water partition coefficient (Wildman–Crippen LogP) is 2.61. The second-order valence-electron chi connectivity index (χ2n) is 3.56. The second kappa shape index (κ2) is 7.46. The van der Waals surface area contributed by atoms with Crippen molar-refractivity contribution in [3.8, 4) is 0 Å². The van der Waals surface area contributed by atoms with E-state index in [0.717, 1.165) is 28.6 Å². The van der Waals surface area contributed by atoms with Crippen LogP contribution in [0.15, 0.2) is 11.4 Å². The zero-order chi connectivity index (χ0) is 11.8. The molecule has 16 heavy (non-hydrogen) atoms. The fourth-order valence-corrected chi connectivity index (χ4v) is 2.56. The Labute approximate surface area is 101 Å². The van der Waals surface area contributed by atoms with Gasteiger partial charge in [-0.05, 0) is 18.6 Å². The summed E-state index contributed by atoms with van der Waals surface area (Å²) in [6.45, 7) is 4.30. The van der Waals surface area contributed by atoms with E-state index in [0.29, 0.717) is 0 Å². The summed E-state index contributed by atoms with van der Waals surface area (Å²) >= 11 is 1.79. The van der Waals surface area contributed by atoms with Gasteiger partial charge in [0.2, 0.25) is 0 Å². The number of unbranched alkanes of at least 4 members (excludes halogenated alkanes) is 2. The van der Waals surface area contributed by atoms with Gasteiger partial charge in [0.05, 0.1) is 0 Å². The van der Waals surface area contributed by atoms with Crippen molar-refractivity contribution in [2.45, 2.75) is 44.6 Å². The lowest BCUT2D eigenvalue weighted by Gasteiger charge is -2.09. The molecule has 90 valence electrons. The first-order valence-corrected chi connectivity index (χ1v) is 6.75. The van der Waals surface area contributed by atoms with Gasteiger partial charge >= 0.3 is 0 Å². The van der Waals surface area contributed by atoms with Gasteiger partial charge in [-0.2, -0.15) is 0 Å². The molecule has 0 saturated carbocycles. The molecule has 0 bridgehead atoms. The average Bonchev–Trinajstić information content (AvgIpc) is 2.34. The van der Waals surface area contributed by atoms with Crippen LogP contribution in [-0.4, -0.2) is 15.7 Å². The Hall–Kier alpha value is -0.810. The van der Waals surface area contributed by atoms with E-state index in [2.05, 4.69) is 29.2 Å². The second-order valence-corrected chi connectivity index (χ2v) is 4.64. The first-order chi connectivity index (χ1) is 7.83. The van der Waals surface area contributed by atoms with E-state index >= 15 is 0 Å². The molecule has 1 aromatic heterocycles. The van der Waals surface area contributed by atoms with Gasteiger partial charge < -0.3 is 5.43 Å². The van der Waals surface area contributed by atoms with Crippen molar-refractivity contribution in [3.05, 3.63) is 11.9 Å². The van der Waals surface area contributed by atoms with Crippen molar-refractivity contribution in [3.63, 3.8) is 0 Å². The average molecular weight is 240 g/mol. The SMILES string of the molecule is CCCCCSc1ncnc(NN)c1CC. The summed E-state index contributed by atoms with van der Waals surface area (Å²) in [5.41, 5.74) is 3.74. The summed E-state index contributed by atoms with van der Waals surface area (Å²) in [6.07, 6.45) is 6.23. The van der Waals surface area contributed by atoms with Crippen LogP contribution in [0.4, 0.5) is 5.82 Å². The zero-order valence-corrected chi connectivity index (χ0v) is 10.8. The molecule has 1 aromatic rings. The Morgan fingerprint density at radius 2 is 2.12 bits per heavy atom. The molecule has 5 heteroatoms. The highest BCUT2D eigenvalue weighted by Crippen LogP contribution is 2.25. The Morgan fingerprint density at radius 3 is 2.75 bits per heavy atom. The molecule has 0 aliphatic rings. The third-order valence-corrected chi connectivity index (χ3v) is 3.50. The first-order valence-electron chi connectivity index (χ1n) is 5.76. The van der Waals surface area contributed by atoms with Crippen LogP contribution in [0.2, 0.25) is 0 Å². The smallest absolute Gasteiger partial charge is 0.147 e.